The number of hydrogen-bond donors (Lipinski definition) is 2. The van der Waals surface area contributed by atoms with Crippen molar-refractivity contribution in [3.63, 3.8) is 0 Å². The van der Waals surface area contributed by atoms with E-state index in [1.165, 1.54) is 7.11 Å². The fourth-order valence-corrected chi connectivity index (χ4v) is 3.60. The van der Waals surface area contributed by atoms with Crippen LogP contribution in [0.3, 0.4) is 0 Å². The quantitative estimate of drug-likeness (QED) is 0.798. The molecule has 0 amide bonds. The first kappa shape index (κ1) is 17.1. The monoisotopic (exact) mass is 364 g/mol. The molecular formula is C18H18Cl2N2O2. The van der Waals surface area contributed by atoms with Crippen LogP contribution in [0.1, 0.15) is 23.6 Å². The van der Waals surface area contributed by atoms with E-state index in [0.717, 1.165) is 16.8 Å². The van der Waals surface area contributed by atoms with Crippen molar-refractivity contribution < 1.29 is 9.53 Å². The molecule has 0 fully saturated rings. The lowest BCUT2D eigenvalue weighted by Crippen LogP contribution is -2.40. The van der Waals surface area contributed by atoms with E-state index >= 15 is 0 Å². The Morgan fingerprint density at radius 3 is 2.75 bits per heavy atom. The van der Waals surface area contributed by atoms with Gasteiger partial charge in [0.2, 0.25) is 0 Å². The van der Waals surface area contributed by atoms with Gasteiger partial charge in [0.05, 0.1) is 7.11 Å². The van der Waals surface area contributed by atoms with Crippen LogP contribution in [-0.2, 0) is 16.1 Å². The van der Waals surface area contributed by atoms with Gasteiger partial charge in [0, 0.05) is 33.9 Å². The molecule has 2 aromatic carbocycles. The zero-order valence-corrected chi connectivity index (χ0v) is 14.7. The van der Waals surface area contributed by atoms with Crippen LogP contribution >= 0.6 is 23.2 Å². The molecule has 0 bridgehead atoms. The van der Waals surface area contributed by atoms with Crippen LogP contribution in [0.4, 0.5) is 5.69 Å². The number of benzene rings is 2. The van der Waals surface area contributed by atoms with E-state index in [9.17, 15) is 4.79 Å². The van der Waals surface area contributed by atoms with Crippen molar-refractivity contribution in [1.82, 2.24) is 5.32 Å². The number of nitrogens with one attached hydrogen (secondary N) is 2. The minimum Gasteiger partial charge on any atom is -0.467 e. The first-order valence-electron chi connectivity index (χ1n) is 7.69. The van der Waals surface area contributed by atoms with Crippen molar-refractivity contribution in [2.24, 2.45) is 0 Å². The molecule has 24 heavy (non-hydrogen) atoms. The Kier molecular flexibility index (Phi) is 5.29. The Morgan fingerprint density at radius 1 is 1.29 bits per heavy atom. The van der Waals surface area contributed by atoms with Crippen LogP contribution in [0.5, 0.6) is 0 Å². The molecule has 0 spiro atoms. The number of rotatable bonds is 4. The second-order valence-electron chi connectivity index (χ2n) is 5.72. The van der Waals surface area contributed by atoms with Gasteiger partial charge in [0.15, 0.2) is 0 Å². The first-order valence-corrected chi connectivity index (χ1v) is 8.44. The number of ether oxygens (including phenoxy) is 1. The molecule has 1 aliphatic rings. The highest BCUT2D eigenvalue weighted by Crippen LogP contribution is 2.40. The predicted octanol–water partition coefficient (Wildman–Crippen LogP) is 4.18. The molecule has 126 valence electrons. The van der Waals surface area contributed by atoms with Crippen molar-refractivity contribution in [2.75, 3.05) is 12.4 Å². The molecule has 2 atom stereocenters. The summed E-state index contributed by atoms with van der Waals surface area (Å²) >= 11 is 12.5. The van der Waals surface area contributed by atoms with Gasteiger partial charge < -0.3 is 15.4 Å². The van der Waals surface area contributed by atoms with Gasteiger partial charge in [-0.05, 0) is 24.1 Å². The molecule has 2 aromatic rings. The maximum Gasteiger partial charge on any atom is 0.328 e. The summed E-state index contributed by atoms with van der Waals surface area (Å²) in [5.74, 6) is -0.303. The third-order valence-electron chi connectivity index (χ3n) is 4.13. The molecule has 0 aliphatic carbocycles. The lowest BCUT2D eigenvalue weighted by atomic mass is 9.92. The van der Waals surface area contributed by atoms with E-state index in [-0.39, 0.29) is 12.0 Å². The molecule has 1 aliphatic heterocycles. The lowest BCUT2D eigenvalue weighted by molar-refractivity contribution is -0.141. The summed E-state index contributed by atoms with van der Waals surface area (Å²) in [5, 5.41) is 7.77. The molecular weight excluding hydrogens is 347 g/mol. The van der Waals surface area contributed by atoms with Crippen molar-refractivity contribution in [3.8, 4) is 0 Å². The van der Waals surface area contributed by atoms with E-state index in [4.69, 9.17) is 27.9 Å². The average Bonchev–Trinajstić information content (AvgIpc) is 2.59. The van der Waals surface area contributed by atoms with Crippen LogP contribution in [0.15, 0.2) is 42.5 Å². The highest BCUT2D eigenvalue weighted by atomic mass is 35.5. The first-order chi connectivity index (χ1) is 11.6. The summed E-state index contributed by atoms with van der Waals surface area (Å²) in [6, 6.07) is 13.1. The number of fused-ring (bicyclic) bond motifs is 1. The van der Waals surface area contributed by atoms with Crippen LogP contribution in [0.2, 0.25) is 10.0 Å². The third-order valence-corrected chi connectivity index (χ3v) is 4.66. The van der Waals surface area contributed by atoms with E-state index < -0.39 is 6.04 Å². The van der Waals surface area contributed by atoms with Gasteiger partial charge in [-0.25, -0.2) is 4.79 Å². The number of methoxy groups -OCH3 is 1. The maximum atomic E-state index is 12.0. The fourth-order valence-electron chi connectivity index (χ4n) is 2.98. The van der Waals surface area contributed by atoms with Gasteiger partial charge >= 0.3 is 5.97 Å². The summed E-state index contributed by atoms with van der Waals surface area (Å²) < 4.78 is 4.88. The minimum atomic E-state index is -0.440. The zero-order valence-electron chi connectivity index (χ0n) is 13.2. The summed E-state index contributed by atoms with van der Waals surface area (Å²) in [4.78, 5) is 12.0. The van der Waals surface area contributed by atoms with Crippen molar-refractivity contribution >= 4 is 34.9 Å². The van der Waals surface area contributed by atoms with Gasteiger partial charge in [-0.3, -0.25) is 0 Å². The van der Waals surface area contributed by atoms with Gasteiger partial charge in [-0.1, -0.05) is 53.5 Å². The molecule has 0 saturated heterocycles. The SMILES string of the molecule is COC(=O)C1CC(NCc2ccccc2)c2c(Cl)cc(Cl)cc2N1. The number of esters is 1. The Labute approximate surface area is 151 Å². The summed E-state index contributed by atoms with van der Waals surface area (Å²) in [6.45, 7) is 0.678. The van der Waals surface area contributed by atoms with E-state index in [1.807, 2.05) is 18.2 Å². The Hall–Kier alpha value is -1.75. The standard InChI is InChI=1S/C18H18Cl2N2O2/c1-24-18(23)16-9-14(21-10-11-5-3-2-4-6-11)17-13(20)7-12(19)8-15(17)22-16/h2-8,14,16,21-22H,9-10H2,1H3. The minimum absolute atomic E-state index is 0.0738. The number of carbonyl (C=O) groups is 1. The number of anilines is 1. The Bertz CT molecular complexity index is 737. The number of carbonyl (C=O) groups excluding carboxylic acids is 1. The van der Waals surface area contributed by atoms with Crippen LogP contribution in [0.25, 0.3) is 0 Å². The fraction of sp³-hybridized carbons (Fsp3) is 0.278. The second-order valence-corrected chi connectivity index (χ2v) is 6.57. The van der Waals surface area contributed by atoms with Gasteiger partial charge in [0.25, 0.3) is 0 Å². The molecule has 6 heteroatoms. The van der Waals surface area contributed by atoms with Crippen molar-refractivity contribution in [1.29, 1.82) is 0 Å². The van der Waals surface area contributed by atoms with Gasteiger partial charge in [-0.15, -0.1) is 0 Å². The molecule has 1 heterocycles. The number of hydrogen-bond acceptors (Lipinski definition) is 4. The van der Waals surface area contributed by atoms with Crippen molar-refractivity contribution in [3.05, 3.63) is 63.6 Å². The molecule has 0 aromatic heterocycles. The highest BCUT2D eigenvalue weighted by molar-refractivity contribution is 6.35. The predicted molar refractivity (Wildman–Crippen MR) is 96.5 cm³/mol. The molecule has 0 radical (unpaired) electrons. The average molecular weight is 365 g/mol. The highest BCUT2D eigenvalue weighted by Gasteiger charge is 2.33. The van der Waals surface area contributed by atoms with Crippen molar-refractivity contribution in [2.45, 2.75) is 25.0 Å². The Balaban J connectivity index is 1.88. The van der Waals surface area contributed by atoms with Crippen LogP contribution in [-0.4, -0.2) is 19.1 Å². The molecule has 2 N–H and O–H groups in total. The smallest absolute Gasteiger partial charge is 0.328 e. The second kappa shape index (κ2) is 7.43. The van der Waals surface area contributed by atoms with Crippen LogP contribution < -0.4 is 10.6 Å². The zero-order chi connectivity index (χ0) is 17.1. The van der Waals surface area contributed by atoms with E-state index in [0.29, 0.717) is 23.0 Å². The summed E-state index contributed by atoms with van der Waals surface area (Å²) in [7, 11) is 1.39. The number of halogens is 2. The van der Waals surface area contributed by atoms with Gasteiger partial charge in [-0.2, -0.15) is 0 Å². The summed E-state index contributed by atoms with van der Waals surface area (Å²) in [6.07, 6.45) is 0.549. The molecule has 3 rings (SSSR count). The normalized spacial score (nSPS) is 19.3. The van der Waals surface area contributed by atoms with E-state index in [2.05, 4.69) is 22.8 Å². The van der Waals surface area contributed by atoms with E-state index in [1.54, 1.807) is 12.1 Å². The molecule has 4 nitrogen and oxygen atoms in total. The lowest BCUT2D eigenvalue weighted by Gasteiger charge is -2.33. The molecule has 0 saturated carbocycles. The largest absolute Gasteiger partial charge is 0.467 e. The van der Waals surface area contributed by atoms with Crippen LogP contribution in [0, 0.1) is 0 Å². The third kappa shape index (κ3) is 3.66. The summed E-state index contributed by atoms with van der Waals surface area (Å²) in [5.41, 5.74) is 2.86. The van der Waals surface area contributed by atoms with Gasteiger partial charge in [0.1, 0.15) is 6.04 Å². The maximum absolute atomic E-state index is 12.0. The molecule has 2 unspecified atom stereocenters. The Morgan fingerprint density at radius 2 is 2.04 bits per heavy atom. The topological polar surface area (TPSA) is 50.4 Å².